The monoisotopic (exact) mass is 253 g/mol. The summed E-state index contributed by atoms with van der Waals surface area (Å²) in [7, 11) is 0. The molecule has 0 radical (unpaired) electrons. The maximum atomic E-state index is 9.64. The first-order valence-corrected chi connectivity index (χ1v) is 5.10. The van der Waals surface area contributed by atoms with Crippen molar-refractivity contribution in [3.8, 4) is 18.1 Å². The molecule has 0 aliphatic rings. The van der Waals surface area contributed by atoms with E-state index < -0.39 is 0 Å². The highest BCUT2D eigenvalue weighted by Gasteiger charge is 2.04. The molecule has 0 aromatic heterocycles. The number of aromatic hydroxyl groups is 1. The van der Waals surface area contributed by atoms with E-state index in [9.17, 15) is 5.11 Å². The molecule has 1 atom stereocenters. The Morgan fingerprint density at radius 2 is 2.36 bits per heavy atom. The van der Waals surface area contributed by atoms with Crippen LogP contribution >= 0.6 is 15.9 Å². The minimum atomic E-state index is 0.00776. The van der Waals surface area contributed by atoms with Gasteiger partial charge in [-0.2, -0.15) is 0 Å². The Bertz CT molecular complexity index is 357. The predicted molar refractivity (Wildman–Crippen MR) is 60.9 cm³/mol. The molecular weight excluding hydrogens is 242 g/mol. The van der Waals surface area contributed by atoms with E-state index in [0.717, 1.165) is 5.56 Å². The van der Waals surface area contributed by atoms with Crippen LogP contribution in [0.1, 0.15) is 12.5 Å². The maximum Gasteiger partial charge on any atom is 0.134 e. The number of nitrogens with one attached hydrogen (secondary N) is 1. The zero-order chi connectivity index (χ0) is 10.6. The molecule has 0 heterocycles. The average molecular weight is 254 g/mol. The van der Waals surface area contributed by atoms with Crippen molar-refractivity contribution in [2.75, 3.05) is 0 Å². The average Bonchev–Trinajstić information content (AvgIpc) is 2.20. The summed E-state index contributed by atoms with van der Waals surface area (Å²) >= 11 is 3.25. The first-order chi connectivity index (χ1) is 6.65. The van der Waals surface area contributed by atoms with Crippen molar-refractivity contribution in [2.24, 2.45) is 0 Å². The fraction of sp³-hybridized carbons (Fsp3) is 0.273. The van der Waals surface area contributed by atoms with Crippen molar-refractivity contribution in [2.45, 2.75) is 19.5 Å². The van der Waals surface area contributed by atoms with Crippen LogP contribution in [0.3, 0.4) is 0 Å². The number of rotatable bonds is 3. The van der Waals surface area contributed by atoms with Crippen molar-refractivity contribution >= 4 is 15.9 Å². The van der Waals surface area contributed by atoms with Gasteiger partial charge in [0.25, 0.3) is 0 Å². The Morgan fingerprint density at radius 1 is 1.64 bits per heavy atom. The van der Waals surface area contributed by atoms with Crippen LogP contribution in [0.4, 0.5) is 0 Å². The molecule has 2 N–H and O–H groups in total. The fourth-order valence-electron chi connectivity index (χ4n) is 1.02. The summed E-state index contributed by atoms with van der Waals surface area (Å²) < 4.78 is 0.699. The standard InChI is InChI=1S/C11H12BrNO/c1-3-8(2)13-7-9-5-4-6-10(12)11(9)14/h1,4-6,8,13-14H,7H2,2H3. The molecule has 0 saturated heterocycles. The SMILES string of the molecule is C#CC(C)NCc1cccc(Br)c1O. The third-order valence-corrected chi connectivity index (χ3v) is 2.56. The van der Waals surface area contributed by atoms with E-state index in [1.54, 1.807) is 6.07 Å². The molecule has 0 bridgehead atoms. The smallest absolute Gasteiger partial charge is 0.134 e. The summed E-state index contributed by atoms with van der Waals surface area (Å²) in [5.41, 5.74) is 0.835. The Morgan fingerprint density at radius 3 is 3.00 bits per heavy atom. The van der Waals surface area contributed by atoms with Gasteiger partial charge in [-0.3, -0.25) is 5.32 Å². The summed E-state index contributed by atoms with van der Waals surface area (Å²) in [5.74, 6) is 2.83. The summed E-state index contributed by atoms with van der Waals surface area (Å²) in [4.78, 5) is 0. The molecule has 0 aliphatic carbocycles. The van der Waals surface area contributed by atoms with Gasteiger partial charge in [-0.05, 0) is 28.9 Å². The van der Waals surface area contributed by atoms with E-state index >= 15 is 0 Å². The van der Waals surface area contributed by atoms with E-state index in [2.05, 4.69) is 27.2 Å². The van der Waals surface area contributed by atoms with E-state index in [0.29, 0.717) is 11.0 Å². The molecule has 1 unspecified atom stereocenters. The van der Waals surface area contributed by atoms with Crippen LogP contribution in [0.25, 0.3) is 0 Å². The van der Waals surface area contributed by atoms with Crippen molar-refractivity contribution in [1.82, 2.24) is 5.32 Å². The highest BCUT2D eigenvalue weighted by atomic mass is 79.9. The van der Waals surface area contributed by atoms with Gasteiger partial charge in [-0.15, -0.1) is 6.42 Å². The van der Waals surface area contributed by atoms with Crippen LogP contribution < -0.4 is 5.32 Å². The molecule has 2 nitrogen and oxygen atoms in total. The van der Waals surface area contributed by atoms with E-state index in [1.807, 2.05) is 19.1 Å². The molecule has 0 spiro atoms. The molecule has 0 saturated carbocycles. The second-order valence-electron chi connectivity index (χ2n) is 3.02. The first-order valence-electron chi connectivity index (χ1n) is 4.31. The van der Waals surface area contributed by atoms with E-state index in [1.165, 1.54) is 0 Å². The third kappa shape index (κ3) is 2.76. The Labute approximate surface area is 92.5 Å². The van der Waals surface area contributed by atoms with Gasteiger partial charge in [0, 0.05) is 12.1 Å². The highest BCUT2D eigenvalue weighted by molar-refractivity contribution is 9.10. The van der Waals surface area contributed by atoms with Crippen molar-refractivity contribution in [3.63, 3.8) is 0 Å². The number of phenols is 1. The van der Waals surface area contributed by atoms with Gasteiger partial charge in [-0.25, -0.2) is 0 Å². The zero-order valence-corrected chi connectivity index (χ0v) is 9.51. The van der Waals surface area contributed by atoms with Crippen LogP contribution in [0.5, 0.6) is 5.75 Å². The number of halogens is 1. The van der Waals surface area contributed by atoms with Gasteiger partial charge >= 0.3 is 0 Å². The molecule has 14 heavy (non-hydrogen) atoms. The molecule has 0 fully saturated rings. The Kier molecular flexibility index (Phi) is 3.99. The van der Waals surface area contributed by atoms with E-state index in [-0.39, 0.29) is 11.8 Å². The third-order valence-electron chi connectivity index (χ3n) is 1.92. The highest BCUT2D eigenvalue weighted by Crippen LogP contribution is 2.27. The number of phenolic OH excluding ortho intramolecular Hbond substituents is 1. The molecule has 1 aromatic carbocycles. The van der Waals surface area contributed by atoms with Crippen LogP contribution in [0.2, 0.25) is 0 Å². The first kappa shape index (κ1) is 11.1. The molecule has 1 rings (SSSR count). The van der Waals surface area contributed by atoms with Gasteiger partial charge in [0.2, 0.25) is 0 Å². The van der Waals surface area contributed by atoms with Crippen molar-refractivity contribution in [1.29, 1.82) is 0 Å². The molecule has 0 amide bonds. The number of benzene rings is 1. The summed E-state index contributed by atoms with van der Waals surface area (Å²) in [6.45, 7) is 2.46. The number of para-hydroxylation sites is 1. The van der Waals surface area contributed by atoms with Crippen LogP contribution in [0, 0.1) is 12.3 Å². The topological polar surface area (TPSA) is 32.3 Å². The molecule has 74 valence electrons. The minimum Gasteiger partial charge on any atom is -0.506 e. The lowest BCUT2D eigenvalue weighted by atomic mass is 10.2. The summed E-state index contributed by atoms with van der Waals surface area (Å²) in [6, 6.07) is 5.54. The molecule has 3 heteroatoms. The minimum absolute atomic E-state index is 0.00776. The van der Waals surface area contributed by atoms with Crippen molar-refractivity contribution in [3.05, 3.63) is 28.2 Å². The van der Waals surface area contributed by atoms with Crippen LogP contribution in [-0.2, 0) is 6.54 Å². The van der Waals surface area contributed by atoms with E-state index in [4.69, 9.17) is 6.42 Å². The maximum absolute atomic E-state index is 9.64. The van der Waals surface area contributed by atoms with Gasteiger partial charge in [0.15, 0.2) is 0 Å². The lowest BCUT2D eigenvalue weighted by Crippen LogP contribution is -2.23. The van der Waals surface area contributed by atoms with Gasteiger partial charge in [0.05, 0.1) is 10.5 Å². The predicted octanol–water partition coefficient (Wildman–Crippen LogP) is 2.27. The Balaban J connectivity index is 2.69. The summed E-state index contributed by atoms with van der Waals surface area (Å²) in [5, 5.41) is 12.7. The van der Waals surface area contributed by atoms with Crippen LogP contribution in [0.15, 0.2) is 22.7 Å². The quantitative estimate of drug-likeness (QED) is 0.811. The summed E-state index contributed by atoms with van der Waals surface area (Å²) in [6.07, 6.45) is 5.22. The zero-order valence-electron chi connectivity index (χ0n) is 7.92. The van der Waals surface area contributed by atoms with Crippen LogP contribution in [-0.4, -0.2) is 11.1 Å². The van der Waals surface area contributed by atoms with Gasteiger partial charge in [-0.1, -0.05) is 18.1 Å². The lowest BCUT2D eigenvalue weighted by molar-refractivity contribution is 0.460. The largest absolute Gasteiger partial charge is 0.506 e. The van der Waals surface area contributed by atoms with Gasteiger partial charge < -0.3 is 5.11 Å². The second kappa shape index (κ2) is 5.04. The number of hydrogen-bond donors (Lipinski definition) is 2. The van der Waals surface area contributed by atoms with Crippen molar-refractivity contribution < 1.29 is 5.11 Å². The second-order valence-corrected chi connectivity index (χ2v) is 3.87. The number of terminal acetylenes is 1. The molecular formula is C11H12BrNO. The number of hydrogen-bond acceptors (Lipinski definition) is 2. The van der Waals surface area contributed by atoms with Gasteiger partial charge in [0.1, 0.15) is 5.75 Å². The normalized spacial score (nSPS) is 12.1. The lowest BCUT2D eigenvalue weighted by Gasteiger charge is -2.09. The fourth-order valence-corrected chi connectivity index (χ4v) is 1.43. The molecule has 1 aromatic rings. The molecule has 0 aliphatic heterocycles. The Hall–Kier alpha value is -0.980.